The Balaban J connectivity index is 2.08. The summed E-state index contributed by atoms with van der Waals surface area (Å²) >= 11 is 0. The first-order valence-electron chi connectivity index (χ1n) is 8.05. The summed E-state index contributed by atoms with van der Waals surface area (Å²) in [6.07, 6.45) is -2.50. The first-order valence-corrected chi connectivity index (χ1v) is 8.05. The number of amides is 1. The Morgan fingerprint density at radius 2 is 1.96 bits per heavy atom. The molecule has 0 saturated heterocycles. The van der Waals surface area contributed by atoms with Gasteiger partial charge in [-0.3, -0.25) is 19.9 Å². The van der Waals surface area contributed by atoms with Gasteiger partial charge in [-0.2, -0.15) is 13.2 Å². The third-order valence-corrected chi connectivity index (χ3v) is 3.46. The molecular formula is C16H17F3N6O3. The topological polar surface area (TPSA) is 122 Å². The van der Waals surface area contributed by atoms with E-state index >= 15 is 0 Å². The summed E-state index contributed by atoms with van der Waals surface area (Å²) in [5, 5.41) is 19.2. The van der Waals surface area contributed by atoms with Crippen LogP contribution >= 0.6 is 0 Å². The van der Waals surface area contributed by atoms with E-state index in [4.69, 9.17) is 0 Å². The summed E-state index contributed by atoms with van der Waals surface area (Å²) in [6.45, 7) is 1.77. The van der Waals surface area contributed by atoms with Gasteiger partial charge in [-0.25, -0.2) is 4.98 Å². The van der Waals surface area contributed by atoms with Crippen LogP contribution in [-0.4, -0.2) is 33.9 Å². The summed E-state index contributed by atoms with van der Waals surface area (Å²) in [4.78, 5) is 29.0. The van der Waals surface area contributed by atoms with Crippen LogP contribution in [0.15, 0.2) is 30.6 Å². The quantitative estimate of drug-likeness (QED) is 0.355. The number of pyridine rings is 2. The molecule has 9 nitrogen and oxygen atoms in total. The van der Waals surface area contributed by atoms with Crippen molar-refractivity contribution in [3.63, 3.8) is 0 Å². The van der Waals surface area contributed by atoms with E-state index in [2.05, 4.69) is 25.9 Å². The molecule has 0 radical (unpaired) electrons. The van der Waals surface area contributed by atoms with Crippen molar-refractivity contribution in [3.05, 3.63) is 51.8 Å². The number of hydrogen-bond donors (Lipinski definition) is 3. The average Bonchev–Trinajstić information content (AvgIpc) is 2.63. The van der Waals surface area contributed by atoms with Crippen LogP contribution in [0, 0.1) is 10.1 Å². The fraction of sp³-hybridized carbons (Fsp3) is 0.312. The molecular weight excluding hydrogens is 381 g/mol. The minimum absolute atomic E-state index is 0.00688. The summed E-state index contributed by atoms with van der Waals surface area (Å²) in [5.74, 6) is -0.0399. The van der Waals surface area contributed by atoms with E-state index in [0.29, 0.717) is 0 Å². The van der Waals surface area contributed by atoms with Crippen LogP contribution in [0.5, 0.6) is 0 Å². The highest BCUT2D eigenvalue weighted by Gasteiger charge is 2.30. The number of halogens is 3. The van der Waals surface area contributed by atoms with Crippen LogP contribution in [-0.2, 0) is 17.5 Å². The van der Waals surface area contributed by atoms with Gasteiger partial charge in [-0.05, 0) is 17.7 Å². The summed E-state index contributed by atoms with van der Waals surface area (Å²) in [5.41, 5.74) is -0.868. The van der Waals surface area contributed by atoms with Gasteiger partial charge >= 0.3 is 11.9 Å². The molecule has 0 aliphatic carbocycles. The second-order valence-corrected chi connectivity index (χ2v) is 5.66. The first kappa shape index (κ1) is 20.9. The van der Waals surface area contributed by atoms with Crippen molar-refractivity contribution in [2.45, 2.75) is 19.6 Å². The lowest BCUT2D eigenvalue weighted by molar-refractivity contribution is -0.384. The lowest BCUT2D eigenvalue weighted by atomic mass is 10.2. The van der Waals surface area contributed by atoms with Crippen LogP contribution in [0.3, 0.4) is 0 Å². The smallest absolute Gasteiger partial charge is 0.366 e. The van der Waals surface area contributed by atoms with Gasteiger partial charge in [-0.1, -0.05) is 0 Å². The molecule has 28 heavy (non-hydrogen) atoms. The molecule has 2 heterocycles. The van der Waals surface area contributed by atoms with Crippen LogP contribution in [0.25, 0.3) is 0 Å². The minimum Gasteiger partial charge on any atom is -0.366 e. The van der Waals surface area contributed by atoms with Crippen molar-refractivity contribution >= 4 is 23.2 Å². The Kier molecular flexibility index (Phi) is 6.69. The Morgan fingerprint density at radius 1 is 1.21 bits per heavy atom. The van der Waals surface area contributed by atoms with Gasteiger partial charge in [0.25, 0.3) is 0 Å². The molecule has 3 N–H and O–H groups in total. The normalized spacial score (nSPS) is 11.0. The van der Waals surface area contributed by atoms with Crippen molar-refractivity contribution in [1.82, 2.24) is 15.3 Å². The van der Waals surface area contributed by atoms with E-state index in [1.54, 1.807) is 0 Å². The molecule has 2 aromatic heterocycles. The third-order valence-electron chi connectivity index (χ3n) is 3.46. The van der Waals surface area contributed by atoms with Crippen LogP contribution < -0.4 is 16.0 Å². The van der Waals surface area contributed by atoms with Gasteiger partial charge in [0.2, 0.25) is 11.7 Å². The number of nitrogens with one attached hydrogen (secondary N) is 3. The van der Waals surface area contributed by atoms with Crippen molar-refractivity contribution in [3.8, 4) is 0 Å². The van der Waals surface area contributed by atoms with Crippen molar-refractivity contribution in [2.75, 3.05) is 23.7 Å². The standard InChI is InChI=1S/C16H17F3N6O3/c1-10(26)21-4-5-22-15-13(25(27)28)2-3-14(24-15)23-8-11-6-12(9-20-7-11)16(17,18)19/h2-3,6-7,9H,4-5,8H2,1H3,(H,21,26)(H2,22,23,24). The molecule has 0 aliphatic rings. The van der Waals surface area contributed by atoms with Gasteiger partial charge in [0.05, 0.1) is 10.5 Å². The van der Waals surface area contributed by atoms with E-state index in [1.165, 1.54) is 25.3 Å². The summed E-state index contributed by atoms with van der Waals surface area (Å²) in [6, 6.07) is 3.52. The number of alkyl halides is 3. The minimum atomic E-state index is -4.50. The maximum atomic E-state index is 12.7. The molecule has 1 amide bonds. The van der Waals surface area contributed by atoms with E-state index in [-0.39, 0.29) is 48.4 Å². The Hall–Kier alpha value is -3.44. The Morgan fingerprint density at radius 3 is 2.61 bits per heavy atom. The zero-order valence-corrected chi connectivity index (χ0v) is 14.7. The van der Waals surface area contributed by atoms with Gasteiger partial charge in [0.1, 0.15) is 5.82 Å². The number of carbonyl (C=O) groups excluding carboxylic acids is 1. The molecule has 12 heteroatoms. The number of nitro groups is 1. The second kappa shape index (κ2) is 8.97. The predicted octanol–water partition coefficient (Wildman–Crippen LogP) is 2.56. The fourth-order valence-electron chi connectivity index (χ4n) is 2.18. The summed E-state index contributed by atoms with van der Waals surface area (Å²) in [7, 11) is 0. The number of anilines is 2. The summed E-state index contributed by atoms with van der Waals surface area (Å²) < 4.78 is 38.2. The molecule has 0 spiro atoms. The van der Waals surface area contributed by atoms with Crippen LogP contribution in [0.4, 0.5) is 30.5 Å². The Labute approximate surface area is 157 Å². The van der Waals surface area contributed by atoms with Gasteiger partial charge in [0.15, 0.2) is 0 Å². The number of hydrogen-bond acceptors (Lipinski definition) is 7. The van der Waals surface area contributed by atoms with E-state index in [1.807, 2.05) is 0 Å². The predicted molar refractivity (Wildman–Crippen MR) is 94.6 cm³/mol. The van der Waals surface area contributed by atoms with Gasteiger partial charge in [-0.15, -0.1) is 0 Å². The first-order chi connectivity index (χ1) is 13.2. The van der Waals surface area contributed by atoms with Crippen LogP contribution in [0.2, 0.25) is 0 Å². The fourth-order valence-corrected chi connectivity index (χ4v) is 2.18. The number of carbonyl (C=O) groups is 1. The largest absolute Gasteiger partial charge is 0.417 e. The average molecular weight is 398 g/mol. The number of rotatable bonds is 8. The van der Waals surface area contributed by atoms with Crippen molar-refractivity contribution in [1.29, 1.82) is 0 Å². The maximum Gasteiger partial charge on any atom is 0.417 e. The molecule has 0 fully saturated rings. The Bertz CT molecular complexity index is 860. The van der Waals surface area contributed by atoms with Crippen LogP contribution in [0.1, 0.15) is 18.1 Å². The highest BCUT2D eigenvalue weighted by atomic mass is 19.4. The highest BCUT2D eigenvalue weighted by molar-refractivity contribution is 5.72. The van der Waals surface area contributed by atoms with Crippen molar-refractivity contribution in [2.24, 2.45) is 0 Å². The van der Waals surface area contributed by atoms with E-state index in [9.17, 15) is 28.1 Å². The molecule has 0 aromatic carbocycles. The van der Waals surface area contributed by atoms with Crippen molar-refractivity contribution < 1.29 is 22.9 Å². The molecule has 2 aromatic rings. The zero-order chi connectivity index (χ0) is 20.7. The molecule has 0 bridgehead atoms. The molecule has 0 saturated carbocycles. The monoisotopic (exact) mass is 398 g/mol. The SMILES string of the molecule is CC(=O)NCCNc1nc(NCc2cncc(C(F)(F)F)c2)ccc1[N+](=O)[O-]. The second-order valence-electron chi connectivity index (χ2n) is 5.66. The molecule has 150 valence electrons. The number of nitrogens with zero attached hydrogens (tertiary/aromatic N) is 3. The maximum absolute atomic E-state index is 12.7. The van der Waals surface area contributed by atoms with E-state index < -0.39 is 16.7 Å². The van der Waals surface area contributed by atoms with Gasteiger partial charge < -0.3 is 16.0 Å². The molecule has 2 rings (SSSR count). The van der Waals surface area contributed by atoms with Gasteiger partial charge in [0, 0.05) is 45.0 Å². The number of aromatic nitrogens is 2. The zero-order valence-electron chi connectivity index (χ0n) is 14.7. The highest BCUT2D eigenvalue weighted by Crippen LogP contribution is 2.29. The lowest BCUT2D eigenvalue weighted by Crippen LogP contribution is -2.26. The third kappa shape index (κ3) is 6.07. The molecule has 0 unspecified atom stereocenters. The lowest BCUT2D eigenvalue weighted by Gasteiger charge is -2.11. The molecule has 0 atom stereocenters. The van der Waals surface area contributed by atoms with E-state index in [0.717, 1.165) is 12.3 Å². The molecule has 0 aliphatic heterocycles.